The molecule has 20 heavy (non-hydrogen) atoms. The molecule has 1 aromatic carbocycles. The van der Waals surface area contributed by atoms with Gasteiger partial charge in [0.1, 0.15) is 5.82 Å². The summed E-state index contributed by atoms with van der Waals surface area (Å²) in [5.74, 6) is -0.742. The van der Waals surface area contributed by atoms with E-state index < -0.39 is 5.95 Å². The number of halogens is 2. The van der Waals surface area contributed by atoms with Crippen molar-refractivity contribution in [2.24, 2.45) is 0 Å². The molecule has 0 aliphatic heterocycles. The van der Waals surface area contributed by atoms with Crippen LogP contribution < -0.4 is 5.32 Å². The van der Waals surface area contributed by atoms with E-state index in [9.17, 15) is 8.78 Å². The Morgan fingerprint density at radius 1 is 1.10 bits per heavy atom. The van der Waals surface area contributed by atoms with Crippen LogP contribution in [0, 0.1) is 11.8 Å². The van der Waals surface area contributed by atoms with E-state index >= 15 is 0 Å². The summed E-state index contributed by atoms with van der Waals surface area (Å²) in [6.45, 7) is 2.13. The first kappa shape index (κ1) is 14.4. The van der Waals surface area contributed by atoms with Crippen LogP contribution in [0.1, 0.15) is 37.8 Å². The number of unbranched alkanes of at least 4 members (excludes halogenated alkanes) is 1. The van der Waals surface area contributed by atoms with Crippen LogP contribution in [0.3, 0.4) is 0 Å². The minimum atomic E-state index is -0.498. The average Bonchev–Trinajstić information content (AvgIpc) is 2.46. The van der Waals surface area contributed by atoms with Crippen LogP contribution >= 0.6 is 0 Å². The van der Waals surface area contributed by atoms with E-state index in [1.807, 2.05) is 0 Å². The monoisotopic (exact) mass is 276 g/mol. The van der Waals surface area contributed by atoms with E-state index in [2.05, 4.69) is 17.2 Å². The number of pyridine rings is 1. The molecule has 4 heteroatoms. The minimum absolute atomic E-state index is 0.0720. The molecule has 0 fully saturated rings. The maximum absolute atomic E-state index is 13.0. The molecule has 0 amide bonds. The molecule has 2 aromatic rings. The quantitative estimate of drug-likeness (QED) is 0.773. The van der Waals surface area contributed by atoms with E-state index in [1.54, 1.807) is 18.2 Å². The van der Waals surface area contributed by atoms with E-state index in [4.69, 9.17) is 0 Å². The average molecular weight is 276 g/mol. The Balaban J connectivity index is 2.14. The third kappa shape index (κ3) is 4.02. The third-order valence-electron chi connectivity index (χ3n) is 3.19. The highest BCUT2D eigenvalue weighted by molar-refractivity contribution is 5.43. The van der Waals surface area contributed by atoms with E-state index in [-0.39, 0.29) is 11.9 Å². The Hall–Kier alpha value is -1.97. The lowest BCUT2D eigenvalue weighted by Crippen LogP contribution is -2.11. The lowest BCUT2D eigenvalue weighted by molar-refractivity contribution is 0.583. The van der Waals surface area contributed by atoms with Crippen LogP contribution in [0.2, 0.25) is 0 Å². The van der Waals surface area contributed by atoms with Crippen LogP contribution in [0.15, 0.2) is 42.6 Å². The number of nitrogens with one attached hydrogen (secondary N) is 1. The van der Waals surface area contributed by atoms with Crippen molar-refractivity contribution in [2.45, 2.75) is 32.2 Å². The summed E-state index contributed by atoms with van der Waals surface area (Å²) >= 11 is 0. The normalized spacial score (nSPS) is 12.2. The molecule has 1 N–H and O–H groups in total. The highest BCUT2D eigenvalue weighted by atomic mass is 19.1. The highest BCUT2D eigenvalue weighted by Gasteiger charge is 2.11. The first-order valence-electron chi connectivity index (χ1n) is 6.82. The molecular weight excluding hydrogens is 258 g/mol. The highest BCUT2D eigenvalue weighted by Crippen LogP contribution is 2.24. The van der Waals surface area contributed by atoms with Gasteiger partial charge >= 0.3 is 0 Å². The second kappa shape index (κ2) is 6.98. The summed E-state index contributed by atoms with van der Waals surface area (Å²) in [7, 11) is 0. The van der Waals surface area contributed by atoms with Crippen LogP contribution in [0.4, 0.5) is 14.5 Å². The van der Waals surface area contributed by atoms with Gasteiger partial charge in [0.15, 0.2) is 0 Å². The lowest BCUT2D eigenvalue weighted by Gasteiger charge is -2.20. The van der Waals surface area contributed by atoms with Gasteiger partial charge in [-0.1, -0.05) is 31.9 Å². The molecule has 0 aliphatic rings. The van der Waals surface area contributed by atoms with Crippen molar-refractivity contribution < 1.29 is 8.78 Å². The molecule has 106 valence electrons. The fraction of sp³-hybridized carbons (Fsp3) is 0.312. The van der Waals surface area contributed by atoms with Crippen molar-refractivity contribution in [1.29, 1.82) is 0 Å². The smallest absolute Gasteiger partial charge is 0.212 e. The number of hydrogen-bond donors (Lipinski definition) is 1. The molecule has 0 spiro atoms. The third-order valence-corrected chi connectivity index (χ3v) is 3.19. The minimum Gasteiger partial charge on any atom is -0.377 e. The van der Waals surface area contributed by atoms with Gasteiger partial charge in [0.05, 0.1) is 17.9 Å². The summed E-state index contributed by atoms with van der Waals surface area (Å²) < 4.78 is 25.8. The largest absolute Gasteiger partial charge is 0.377 e. The van der Waals surface area contributed by atoms with Gasteiger partial charge < -0.3 is 5.32 Å². The Morgan fingerprint density at radius 2 is 1.85 bits per heavy atom. The van der Waals surface area contributed by atoms with E-state index in [1.165, 1.54) is 24.4 Å². The van der Waals surface area contributed by atoms with Crippen molar-refractivity contribution in [1.82, 2.24) is 4.98 Å². The first-order valence-corrected chi connectivity index (χ1v) is 6.82. The van der Waals surface area contributed by atoms with Crippen molar-refractivity contribution in [3.05, 3.63) is 59.9 Å². The number of benzene rings is 1. The standard InChI is InChI=1S/C16H18F2N2/c1-2-3-4-15(12-5-7-13(17)8-6-12)20-14-9-10-16(18)19-11-14/h5-11,15,20H,2-4H2,1H3. The Morgan fingerprint density at radius 3 is 2.45 bits per heavy atom. The van der Waals surface area contributed by atoms with Crippen LogP contribution in [0.5, 0.6) is 0 Å². The number of anilines is 1. The maximum Gasteiger partial charge on any atom is 0.212 e. The molecule has 0 radical (unpaired) electrons. The Kier molecular flexibility index (Phi) is 5.04. The number of aromatic nitrogens is 1. The predicted molar refractivity (Wildman–Crippen MR) is 76.5 cm³/mol. The van der Waals surface area contributed by atoms with Crippen molar-refractivity contribution >= 4 is 5.69 Å². The Labute approximate surface area is 117 Å². The zero-order chi connectivity index (χ0) is 14.4. The summed E-state index contributed by atoms with van der Waals surface area (Å²) in [5, 5.41) is 3.33. The fourth-order valence-corrected chi connectivity index (χ4v) is 2.09. The summed E-state index contributed by atoms with van der Waals surface area (Å²) in [6.07, 6.45) is 4.54. The van der Waals surface area contributed by atoms with E-state index in [0.29, 0.717) is 0 Å². The molecular formula is C16H18F2N2. The Bertz CT molecular complexity index is 523. The number of rotatable bonds is 6. The molecule has 1 unspecified atom stereocenters. The molecule has 1 heterocycles. The van der Waals surface area contributed by atoms with Gasteiger partial charge in [-0.2, -0.15) is 4.39 Å². The lowest BCUT2D eigenvalue weighted by atomic mass is 10.0. The molecule has 1 aromatic heterocycles. The maximum atomic E-state index is 13.0. The zero-order valence-electron chi connectivity index (χ0n) is 11.4. The van der Waals surface area contributed by atoms with Gasteiger partial charge in [-0.05, 0) is 36.2 Å². The van der Waals surface area contributed by atoms with Gasteiger partial charge in [0, 0.05) is 0 Å². The van der Waals surface area contributed by atoms with Crippen molar-refractivity contribution in [2.75, 3.05) is 5.32 Å². The number of hydrogen-bond acceptors (Lipinski definition) is 2. The van der Waals surface area contributed by atoms with Crippen LogP contribution in [-0.2, 0) is 0 Å². The van der Waals surface area contributed by atoms with Crippen LogP contribution in [0.25, 0.3) is 0 Å². The topological polar surface area (TPSA) is 24.9 Å². The number of nitrogens with zero attached hydrogens (tertiary/aromatic N) is 1. The molecule has 0 aliphatic carbocycles. The van der Waals surface area contributed by atoms with E-state index in [0.717, 1.165) is 30.5 Å². The summed E-state index contributed by atoms with van der Waals surface area (Å²) in [5.41, 5.74) is 1.78. The van der Waals surface area contributed by atoms with Gasteiger partial charge in [-0.3, -0.25) is 0 Å². The van der Waals surface area contributed by atoms with Crippen LogP contribution in [-0.4, -0.2) is 4.98 Å². The second-order valence-corrected chi connectivity index (χ2v) is 4.76. The van der Waals surface area contributed by atoms with Gasteiger partial charge in [-0.25, -0.2) is 9.37 Å². The first-order chi connectivity index (χ1) is 9.69. The molecule has 0 saturated carbocycles. The van der Waals surface area contributed by atoms with Crippen molar-refractivity contribution in [3.8, 4) is 0 Å². The van der Waals surface area contributed by atoms with Gasteiger partial charge in [0.25, 0.3) is 0 Å². The molecule has 0 bridgehead atoms. The summed E-state index contributed by atoms with van der Waals surface area (Å²) in [4.78, 5) is 3.63. The molecule has 0 saturated heterocycles. The molecule has 1 atom stereocenters. The van der Waals surface area contributed by atoms with Gasteiger partial charge in [0.2, 0.25) is 5.95 Å². The predicted octanol–water partition coefficient (Wildman–Crippen LogP) is 4.70. The fourth-order valence-electron chi connectivity index (χ4n) is 2.09. The SMILES string of the molecule is CCCCC(Nc1ccc(F)nc1)c1ccc(F)cc1. The summed E-state index contributed by atoms with van der Waals surface area (Å²) in [6, 6.07) is 9.52. The molecule has 2 rings (SSSR count). The second-order valence-electron chi connectivity index (χ2n) is 4.76. The van der Waals surface area contributed by atoms with Crippen molar-refractivity contribution in [3.63, 3.8) is 0 Å². The zero-order valence-corrected chi connectivity index (χ0v) is 11.4. The van der Waals surface area contributed by atoms with Gasteiger partial charge in [-0.15, -0.1) is 0 Å². The molecule has 2 nitrogen and oxygen atoms in total.